The molecule has 1 atom stereocenters. The Morgan fingerprint density at radius 1 is 1.53 bits per heavy atom. The van der Waals surface area contributed by atoms with Gasteiger partial charge < -0.3 is 5.11 Å². The molecule has 0 amide bonds. The number of halogens is 2. The van der Waals surface area contributed by atoms with E-state index in [-0.39, 0.29) is 5.82 Å². The zero-order chi connectivity index (χ0) is 12.5. The summed E-state index contributed by atoms with van der Waals surface area (Å²) in [5.74, 6) is -0.315. The van der Waals surface area contributed by atoms with E-state index in [1.165, 1.54) is 12.1 Å². The zero-order valence-electron chi connectivity index (χ0n) is 9.92. The minimum atomic E-state index is -0.620. The number of hydrogen-bond donors (Lipinski definition) is 1. The van der Waals surface area contributed by atoms with Gasteiger partial charge in [-0.2, -0.15) is 0 Å². The van der Waals surface area contributed by atoms with E-state index in [2.05, 4.69) is 4.90 Å². The highest BCUT2D eigenvalue weighted by Crippen LogP contribution is 2.24. The molecule has 0 radical (unpaired) electrons. The molecule has 0 bridgehead atoms. The SMILES string of the molecule is CC1(O)CCCN(Cc2ccc(F)cc2Cl)C1. The van der Waals surface area contributed by atoms with Gasteiger partial charge in [0.05, 0.1) is 5.60 Å². The maximum Gasteiger partial charge on any atom is 0.124 e. The second kappa shape index (κ2) is 4.92. The van der Waals surface area contributed by atoms with Crippen molar-refractivity contribution in [3.05, 3.63) is 34.6 Å². The van der Waals surface area contributed by atoms with E-state index < -0.39 is 5.60 Å². The smallest absolute Gasteiger partial charge is 0.124 e. The standard InChI is InChI=1S/C13H17ClFNO/c1-13(17)5-2-6-16(9-13)8-10-3-4-11(15)7-12(10)14/h3-4,7,17H,2,5-6,8-9H2,1H3. The molecule has 1 saturated heterocycles. The molecule has 1 aromatic rings. The van der Waals surface area contributed by atoms with Gasteiger partial charge in [-0.15, -0.1) is 0 Å². The van der Waals surface area contributed by atoms with E-state index in [0.29, 0.717) is 18.1 Å². The molecule has 1 heterocycles. The Kier molecular flexibility index (Phi) is 3.71. The van der Waals surface area contributed by atoms with Gasteiger partial charge in [-0.1, -0.05) is 17.7 Å². The molecule has 1 fully saturated rings. The Morgan fingerprint density at radius 2 is 2.29 bits per heavy atom. The minimum absolute atomic E-state index is 0.315. The molecule has 0 aliphatic carbocycles. The highest BCUT2D eigenvalue weighted by Gasteiger charge is 2.28. The molecule has 2 rings (SSSR count). The monoisotopic (exact) mass is 257 g/mol. The van der Waals surface area contributed by atoms with E-state index >= 15 is 0 Å². The third-order valence-corrected chi connectivity index (χ3v) is 3.51. The third-order valence-electron chi connectivity index (χ3n) is 3.16. The van der Waals surface area contributed by atoms with E-state index in [0.717, 1.165) is 24.9 Å². The molecule has 1 N–H and O–H groups in total. The highest BCUT2D eigenvalue weighted by molar-refractivity contribution is 6.31. The van der Waals surface area contributed by atoms with Gasteiger partial charge in [0.1, 0.15) is 5.82 Å². The van der Waals surface area contributed by atoms with Gasteiger partial charge in [0.25, 0.3) is 0 Å². The maximum atomic E-state index is 12.9. The van der Waals surface area contributed by atoms with Gasteiger partial charge in [-0.3, -0.25) is 4.90 Å². The summed E-state index contributed by atoms with van der Waals surface area (Å²) in [5, 5.41) is 10.5. The third kappa shape index (κ3) is 3.41. The van der Waals surface area contributed by atoms with Crippen molar-refractivity contribution in [3.63, 3.8) is 0 Å². The lowest BCUT2D eigenvalue weighted by Gasteiger charge is -2.36. The first-order valence-corrected chi connectivity index (χ1v) is 6.23. The molecule has 1 aliphatic heterocycles. The first-order chi connectivity index (χ1) is 7.96. The van der Waals surface area contributed by atoms with Crippen LogP contribution >= 0.6 is 11.6 Å². The van der Waals surface area contributed by atoms with Gasteiger partial charge in [-0.05, 0) is 44.0 Å². The molecular formula is C13H17ClFNO. The summed E-state index contributed by atoms with van der Waals surface area (Å²) in [7, 11) is 0. The van der Waals surface area contributed by atoms with Crippen molar-refractivity contribution in [2.24, 2.45) is 0 Å². The van der Waals surface area contributed by atoms with Crippen molar-refractivity contribution in [1.82, 2.24) is 4.90 Å². The first kappa shape index (κ1) is 12.8. The van der Waals surface area contributed by atoms with Crippen molar-refractivity contribution in [2.45, 2.75) is 31.9 Å². The van der Waals surface area contributed by atoms with Crippen LogP contribution in [0.1, 0.15) is 25.3 Å². The van der Waals surface area contributed by atoms with Crippen molar-refractivity contribution >= 4 is 11.6 Å². The number of β-amino-alcohol motifs (C(OH)–C–C–N with tert-alkyl or cyclic N) is 1. The van der Waals surface area contributed by atoms with E-state index in [1.54, 1.807) is 6.07 Å². The molecule has 1 unspecified atom stereocenters. The molecule has 2 nitrogen and oxygen atoms in total. The van der Waals surface area contributed by atoms with Crippen LogP contribution < -0.4 is 0 Å². The molecule has 1 aliphatic rings. The normalized spacial score (nSPS) is 26.1. The van der Waals surface area contributed by atoms with Crippen molar-refractivity contribution in [1.29, 1.82) is 0 Å². The van der Waals surface area contributed by atoms with Crippen molar-refractivity contribution < 1.29 is 9.50 Å². The number of aliphatic hydroxyl groups is 1. The zero-order valence-corrected chi connectivity index (χ0v) is 10.7. The number of hydrogen-bond acceptors (Lipinski definition) is 2. The summed E-state index contributed by atoms with van der Waals surface area (Å²) in [6, 6.07) is 4.46. The van der Waals surface area contributed by atoms with Crippen LogP contribution in [-0.4, -0.2) is 28.7 Å². The Balaban J connectivity index is 2.05. The van der Waals surface area contributed by atoms with Gasteiger partial charge >= 0.3 is 0 Å². The van der Waals surface area contributed by atoms with Crippen molar-refractivity contribution in [3.8, 4) is 0 Å². The van der Waals surface area contributed by atoms with Crippen LogP contribution in [0.3, 0.4) is 0 Å². The molecule has 0 aromatic heterocycles. The van der Waals surface area contributed by atoms with Crippen LogP contribution in [0.4, 0.5) is 4.39 Å². The van der Waals surface area contributed by atoms with Gasteiger partial charge in [-0.25, -0.2) is 4.39 Å². The molecule has 4 heteroatoms. The molecule has 94 valence electrons. The van der Waals surface area contributed by atoms with Crippen LogP contribution in [0, 0.1) is 5.82 Å². The maximum absolute atomic E-state index is 12.9. The molecule has 0 spiro atoms. The van der Waals surface area contributed by atoms with Gasteiger partial charge in [0, 0.05) is 18.1 Å². The molecule has 1 aromatic carbocycles. The summed E-state index contributed by atoms with van der Waals surface area (Å²) in [6.07, 6.45) is 1.81. The largest absolute Gasteiger partial charge is 0.389 e. The van der Waals surface area contributed by atoms with Crippen LogP contribution in [0.15, 0.2) is 18.2 Å². The Morgan fingerprint density at radius 3 is 2.94 bits per heavy atom. The van der Waals surface area contributed by atoms with Gasteiger partial charge in [0.15, 0.2) is 0 Å². The predicted molar refractivity (Wildman–Crippen MR) is 66.5 cm³/mol. The van der Waals surface area contributed by atoms with Crippen LogP contribution in [0.5, 0.6) is 0 Å². The fraction of sp³-hybridized carbons (Fsp3) is 0.538. The number of piperidine rings is 1. The Bertz CT molecular complexity index is 408. The topological polar surface area (TPSA) is 23.5 Å². The summed E-state index contributed by atoms with van der Waals surface area (Å²) in [5.41, 5.74) is 0.288. The summed E-state index contributed by atoms with van der Waals surface area (Å²) >= 11 is 5.99. The fourth-order valence-electron chi connectivity index (χ4n) is 2.35. The van der Waals surface area contributed by atoms with Crippen LogP contribution in [0.25, 0.3) is 0 Å². The Labute approximate surface area is 106 Å². The van der Waals surface area contributed by atoms with E-state index in [1.807, 2.05) is 6.92 Å². The summed E-state index contributed by atoms with van der Waals surface area (Å²) < 4.78 is 12.9. The van der Waals surface area contributed by atoms with E-state index in [9.17, 15) is 9.50 Å². The lowest BCUT2D eigenvalue weighted by atomic mass is 9.95. The first-order valence-electron chi connectivity index (χ1n) is 5.85. The number of likely N-dealkylation sites (tertiary alicyclic amines) is 1. The lowest BCUT2D eigenvalue weighted by Crippen LogP contribution is -2.45. The summed E-state index contributed by atoms with van der Waals surface area (Å²) in [4.78, 5) is 2.16. The molecular weight excluding hydrogens is 241 g/mol. The fourth-order valence-corrected chi connectivity index (χ4v) is 2.58. The molecule has 17 heavy (non-hydrogen) atoms. The lowest BCUT2D eigenvalue weighted by molar-refractivity contribution is -0.0181. The second-order valence-corrected chi connectivity index (χ2v) is 5.45. The second-order valence-electron chi connectivity index (χ2n) is 5.05. The van der Waals surface area contributed by atoms with Crippen LogP contribution in [-0.2, 0) is 6.54 Å². The van der Waals surface area contributed by atoms with Crippen LogP contribution in [0.2, 0.25) is 5.02 Å². The number of benzene rings is 1. The van der Waals surface area contributed by atoms with E-state index in [4.69, 9.17) is 11.6 Å². The Hall–Kier alpha value is -0.640. The summed E-state index contributed by atoms with van der Waals surface area (Å²) in [6.45, 7) is 4.10. The number of nitrogens with zero attached hydrogens (tertiary/aromatic N) is 1. The highest BCUT2D eigenvalue weighted by atomic mass is 35.5. The van der Waals surface area contributed by atoms with Crippen molar-refractivity contribution in [2.75, 3.05) is 13.1 Å². The quantitative estimate of drug-likeness (QED) is 0.881. The minimum Gasteiger partial charge on any atom is -0.389 e. The van der Waals surface area contributed by atoms with Gasteiger partial charge in [0.2, 0.25) is 0 Å². The average Bonchev–Trinajstić information content (AvgIpc) is 2.21. The number of rotatable bonds is 2. The average molecular weight is 258 g/mol. The molecule has 0 saturated carbocycles. The predicted octanol–water partition coefficient (Wildman–Crippen LogP) is 2.83.